The quantitative estimate of drug-likeness (QED) is 0.337. The van der Waals surface area contributed by atoms with E-state index in [2.05, 4.69) is 9.97 Å². The molecule has 30 heavy (non-hydrogen) atoms. The van der Waals surface area contributed by atoms with Crippen LogP contribution in [0.4, 0.5) is 0 Å². The molecule has 4 aromatic rings. The number of hydrogen-bond acceptors (Lipinski definition) is 5. The van der Waals surface area contributed by atoms with Gasteiger partial charge in [-0.15, -0.1) is 0 Å². The van der Waals surface area contributed by atoms with E-state index in [1.807, 2.05) is 35.9 Å². The topological polar surface area (TPSA) is 79.6 Å². The molecule has 0 aliphatic rings. The van der Waals surface area contributed by atoms with E-state index in [-0.39, 0.29) is 11.2 Å². The Labute approximate surface area is 181 Å². The first kappa shape index (κ1) is 20.5. The standard InChI is InChI=1S/C20H21ClN6O2S/c1-13-14(21)6-4-7-15(13)26-10-8-22-19(26)30-11-5-9-27-18(28)16-17(23-12-24(16)2)25(3)20(27)29/h4,6-8,10,12H,5,9,11H2,1-3H3. The zero-order chi connectivity index (χ0) is 21.4. The predicted molar refractivity (Wildman–Crippen MR) is 119 cm³/mol. The highest BCUT2D eigenvalue weighted by Gasteiger charge is 2.15. The van der Waals surface area contributed by atoms with Crippen LogP contribution in [0.25, 0.3) is 16.9 Å². The van der Waals surface area contributed by atoms with Crippen molar-refractivity contribution in [3.8, 4) is 5.69 Å². The third-order valence-electron chi connectivity index (χ3n) is 5.06. The van der Waals surface area contributed by atoms with Crippen molar-refractivity contribution in [2.45, 2.75) is 25.0 Å². The fraction of sp³-hybridized carbons (Fsp3) is 0.300. The van der Waals surface area contributed by atoms with Crippen molar-refractivity contribution >= 4 is 34.5 Å². The first-order valence-electron chi connectivity index (χ1n) is 9.42. The second-order valence-electron chi connectivity index (χ2n) is 6.99. The summed E-state index contributed by atoms with van der Waals surface area (Å²) in [6.07, 6.45) is 5.84. The van der Waals surface area contributed by atoms with Gasteiger partial charge in [-0.25, -0.2) is 14.8 Å². The van der Waals surface area contributed by atoms with Crippen molar-refractivity contribution in [3.05, 3.63) is 68.3 Å². The van der Waals surface area contributed by atoms with Gasteiger partial charge in [0.1, 0.15) is 0 Å². The van der Waals surface area contributed by atoms with Crippen LogP contribution in [-0.2, 0) is 20.6 Å². The van der Waals surface area contributed by atoms with Gasteiger partial charge in [0.15, 0.2) is 16.3 Å². The SMILES string of the molecule is Cc1c(Cl)cccc1-n1ccnc1SCCCn1c(=O)c2c(ncn2C)n(C)c1=O. The molecule has 0 amide bonds. The number of thioether (sulfide) groups is 1. The summed E-state index contributed by atoms with van der Waals surface area (Å²) in [6.45, 7) is 2.30. The van der Waals surface area contributed by atoms with Crippen LogP contribution in [0.3, 0.4) is 0 Å². The number of aromatic nitrogens is 6. The smallest absolute Gasteiger partial charge is 0.328 e. The minimum atomic E-state index is -0.354. The zero-order valence-electron chi connectivity index (χ0n) is 16.9. The van der Waals surface area contributed by atoms with Gasteiger partial charge in [0.25, 0.3) is 5.56 Å². The summed E-state index contributed by atoms with van der Waals surface area (Å²) in [5, 5.41) is 1.54. The van der Waals surface area contributed by atoms with Crippen molar-refractivity contribution in [3.63, 3.8) is 0 Å². The van der Waals surface area contributed by atoms with Gasteiger partial charge in [-0.05, 0) is 31.0 Å². The van der Waals surface area contributed by atoms with Gasteiger partial charge >= 0.3 is 5.69 Å². The summed E-state index contributed by atoms with van der Waals surface area (Å²) in [5.41, 5.74) is 2.13. The van der Waals surface area contributed by atoms with E-state index in [1.165, 1.54) is 9.13 Å². The Kier molecular flexibility index (Phi) is 5.57. The third kappa shape index (κ3) is 3.48. The number of hydrogen-bond donors (Lipinski definition) is 0. The molecule has 156 valence electrons. The first-order chi connectivity index (χ1) is 14.4. The van der Waals surface area contributed by atoms with Crippen LogP contribution in [-0.4, -0.2) is 34.0 Å². The second kappa shape index (κ2) is 8.16. The summed E-state index contributed by atoms with van der Waals surface area (Å²) in [6, 6.07) is 5.77. The highest BCUT2D eigenvalue weighted by molar-refractivity contribution is 7.99. The molecule has 4 rings (SSSR count). The summed E-state index contributed by atoms with van der Waals surface area (Å²) < 4.78 is 6.34. The van der Waals surface area contributed by atoms with Gasteiger partial charge in [-0.1, -0.05) is 29.4 Å². The number of benzene rings is 1. The van der Waals surface area contributed by atoms with Crippen molar-refractivity contribution in [2.24, 2.45) is 14.1 Å². The van der Waals surface area contributed by atoms with Crippen LogP contribution in [0.5, 0.6) is 0 Å². The summed E-state index contributed by atoms with van der Waals surface area (Å²) in [5.74, 6) is 0.704. The minimum Gasteiger partial charge on any atom is -0.328 e. The van der Waals surface area contributed by atoms with Crippen LogP contribution in [0.15, 0.2) is 51.7 Å². The van der Waals surface area contributed by atoms with Gasteiger partial charge in [0.2, 0.25) is 0 Å². The van der Waals surface area contributed by atoms with Gasteiger partial charge < -0.3 is 4.57 Å². The number of rotatable bonds is 6. The number of nitrogens with zero attached hydrogens (tertiary/aromatic N) is 6. The molecule has 3 heterocycles. The molecule has 0 spiro atoms. The highest BCUT2D eigenvalue weighted by Crippen LogP contribution is 2.26. The number of aryl methyl sites for hydroxylation is 2. The Morgan fingerprint density at radius 3 is 2.77 bits per heavy atom. The Hall–Kier alpha value is -2.78. The van der Waals surface area contributed by atoms with Crippen LogP contribution >= 0.6 is 23.4 Å². The fourth-order valence-electron chi connectivity index (χ4n) is 3.42. The van der Waals surface area contributed by atoms with Crippen molar-refractivity contribution in [2.75, 3.05) is 5.75 Å². The van der Waals surface area contributed by atoms with E-state index in [1.54, 1.807) is 42.9 Å². The molecular weight excluding hydrogens is 424 g/mol. The molecule has 1 aromatic carbocycles. The Balaban J connectivity index is 1.51. The van der Waals surface area contributed by atoms with E-state index in [9.17, 15) is 9.59 Å². The lowest BCUT2D eigenvalue weighted by atomic mass is 10.2. The number of imidazole rings is 2. The lowest BCUT2D eigenvalue weighted by Crippen LogP contribution is -2.39. The molecule has 0 atom stereocenters. The lowest BCUT2D eigenvalue weighted by Gasteiger charge is -2.12. The van der Waals surface area contributed by atoms with Crippen LogP contribution in [0, 0.1) is 6.92 Å². The molecule has 0 bridgehead atoms. The van der Waals surface area contributed by atoms with Crippen LogP contribution < -0.4 is 11.2 Å². The number of halogens is 1. The second-order valence-corrected chi connectivity index (χ2v) is 8.46. The molecular formula is C20H21ClN6O2S. The maximum Gasteiger partial charge on any atom is 0.332 e. The van der Waals surface area contributed by atoms with Crippen LogP contribution in [0.1, 0.15) is 12.0 Å². The molecule has 0 saturated heterocycles. The maximum atomic E-state index is 12.8. The maximum absolute atomic E-state index is 12.8. The van der Waals surface area contributed by atoms with Crippen molar-refractivity contribution in [1.29, 1.82) is 0 Å². The average Bonchev–Trinajstić information content (AvgIpc) is 3.34. The molecule has 0 aliphatic heterocycles. The van der Waals surface area contributed by atoms with Gasteiger partial charge in [0.05, 0.1) is 12.0 Å². The fourth-order valence-corrected chi connectivity index (χ4v) is 4.48. The molecule has 3 aromatic heterocycles. The lowest BCUT2D eigenvalue weighted by molar-refractivity contribution is 0.594. The predicted octanol–water partition coefficient (Wildman–Crippen LogP) is 2.76. The molecule has 0 aliphatic carbocycles. The monoisotopic (exact) mass is 444 g/mol. The van der Waals surface area contributed by atoms with E-state index in [0.717, 1.165) is 16.4 Å². The normalized spacial score (nSPS) is 11.5. The van der Waals surface area contributed by atoms with E-state index in [0.29, 0.717) is 34.9 Å². The average molecular weight is 445 g/mol. The Morgan fingerprint density at radius 2 is 1.97 bits per heavy atom. The van der Waals surface area contributed by atoms with Gasteiger partial charge in [0, 0.05) is 43.8 Å². The molecule has 0 N–H and O–H groups in total. The largest absolute Gasteiger partial charge is 0.332 e. The zero-order valence-corrected chi connectivity index (χ0v) is 18.4. The van der Waals surface area contributed by atoms with Crippen molar-refractivity contribution in [1.82, 2.24) is 28.2 Å². The third-order valence-corrected chi connectivity index (χ3v) is 6.53. The molecule has 0 radical (unpaired) electrons. The minimum absolute atomic E-state index is 0.311. The van der Waals surface area contributed by atoms with E-state index >= 15 is 0 Å². The molecule has 0 saturated carbocycles. The van der Waals surface area contributed by atoms with Gasteiger partial charge in [-0.2, -0.15) is 0 Å². The van der Waals surface area contributed by atoms with Crippen LogP contribution in [0.2, 0.25) is 5.02 Å². The summed E-state index contributed by atoms with van der Waals surface area (Å²) >= 11 is 7.83. The molecule has 10 heteroatoms. The van der Waals surface area contributed by atoms with Gasteiger partial charge in [-0.3, -0.25) is 18.5 Å². The highest BCUT2D eigenvalue weighted by atomic mass is 35.5. The molecule has 0 fully saturated rings. The first-order valence-corrected chi connectivity index (χ1v) is 10.8. The molecule has 0 unspecified atom stereocenters. The Morgan fingerprint density at radius 1 is 1.17 bits per heavy atom. The number of fused-ring (bicyclic) bond motifs is 1. The van der Waals surface area contributed by atoms with E-state index in [4.69, 9.17) is 11.6 Å². The summed E-state index contributed by atoms with van der Waals surface area (Å²) in [7, 11) is 3.38. The Bertz CT molecular complexity index is 1350. The van der Waals surface area contributed by atoms with E-state index < -0.39 is 0 Å². The molecule has 8 nitrogen and oxygen atoms in total. The summed E-state index contributed by atoms with van der Waals surface area (Å²) in [4.78, 5) is 33.9. The van der Waals surface area contributed by atoms with Crippen molar-refractivity contribution < 1.29 is 0 Å².